The summed E-state index contributed by atoms with van der Waals surface area (Å²) in [7, 11) is 0. The third kappa shape index (κ3) is 4.79. The second-order valence-corrected chi connectivity index (χ2v) is 7.35. The van der Waals surface area contributed by atoms with E-state index in [1.165, 1.54) is 12.8 Å². The molecule has 0 spiro atoms. The van der Waals surface area contributed by atoms with E-state index < -0.39 is 0 Å². The SMILES string of the molecule is CC(C)(C)C1CCC(CN)C(OCCc2ccccn2)C1. The Morgan fingerprint density at radius 3 is 2.71 bits per heavy atom. The van der Waals surface area contributed by atoms with Crippen molar-refractivity contribution >= 4 is 0 Å². The number of nitrogens with zero attached hydrogens (tertiary/aromatic N) is 1. The Kier molecular flexibility index (Phi) is 5.77. The molecule has 3 nitrogen and oxygen atoms in total. The van der Waals surface area contributed by atoms with Crippen LogP contribution in [-0.4, -0.2) is 24.2 Å². The van der Waals surface area contributed by atoms with Gasteiger partial charge in [0.15, 0.2) is 0 Å². The van der Waals surface area contributed by atoms with Crippen molar-refractivity contribution < 1.29 is 4.74 Å². The quantitative estimate of drug-likeness (QED) is 0.903. The van der Waals surface area contributed by atoms with Crippen molar-refractivity contribution in [2.24, 2.45) is 23.0 Å². The van der Waals surface area contributed by atoms with E-state index in [1.807, 2.05) is 18.3 Å². The van der Waals surface area contributed by atoms with E-state index >= 15 is 0 Å². The van der Waals surface area contributed by atoms with Gasteiger partial charge in [0.05, 0.1) is 12.7 Å². The zero-order valence-corrected chi connectivity index (χ0v) is 13.7. The first kappa shape index (κ1) is 16.4. The first-order valence-electron chi connectivity index (χ1n) is 8.22. The molecule has 1 aromatic heterocycles. The average Bonchev–Trinajstić information content (AvgIpc) is 2.47. The van der Waals surface area contributed by atoms with Crippen LogP contribution in [-0.2, 0) is 11.2 Å². The van der Waals surface area contributed by atoms with Gasteiger partial charge in [-0.25, -0.2) is 0 Å². The normalized spacial score (nSPS) is 26.8. The van der Waals surface area contributed by atoms with E-state index in [0.717, 1.165) is 37.6 Å². The van der Waals surface area contributed by atoms with Gasteiger partial charge >= 0.3 is 0 Å². The molecule has 1 aromatic rings. The number of hydrogen-bond acceptors (Lipinski definition) is 3. The van der Waals surface area contributed by atoms with Crippen molar-refractivity contribution in [1.29, 1.82) is 0 Å². The summed E-state index contributed by atoms with van der Waals surface area (Å²) < 4.78 is 6.20. The molecule has 1 saturated carbocycles. The molecule has 0 aliphatic heterocycles. The van der Waals surface area contributed by atoms with Gasteiger partial charge in [0.1, 0.15) is 0 Å². The number of nitrogens with two attached hydrogens (primary N) is 1. The minimum Gasteiger partial charge on any atom is -0.377 e. The summed E-state index contributed by atoms with van der Waals surface area (Å²) in [6.07, 6.45) is 6.67. The van der Waals surface area contributed by atoms with Crippen LogP contribution >= 0.6 is 0 Å². The van der Waals surface area contributed by atoms with Gasteiger partial charge in [0.2, 0.25) is 0 Å². The van der Waals surface area contributed by atoms with Crippen LogP contribution in [0.15, 0.2) is 24.4 Å². The topological polar surface area (TPSA) is 48.1 Å². The lowest BCUT2D eigenvalue weighted by atomic mass is 9.68. The highest BCUT2D eigenvalue weighted by molar-refractivity contribution is 5.03. The van der Waals surface area contributed by atoms with Gasteiger partial charge in [0, 0.05) is 18.3 Å². The second-order valence-electron chi connectivity index (χ2n) is 7.35. The molecule has 1 heterocycles. The zero-order chi connectivity index (χ0) is 15.3. The second kappa shape index (κ2) is 7.37. The Morgan fingerprint density at radius 1 is 1.29 bits per heavy atom. The van der Waals surface area contributed by atoms with Crippen molar-refractivity contribution in [2.75, 3.05) is 13.2 Å². The summed E-state index contributed by atoms with van der Waals surface area (Å²) in [5, 5.41) is 0. The van der Waals surface area contributed by atoms with Crippen LogP contribution in [0.4, 0.5) is 0 Å². The molecule has 2 N–H and O–H groups in total. The Morgan fingerprint density at radius 2 is 2.10 bits per heavy atom. The van der Waals surface area contributed by atoms with E-state index in [1.54, 1.807) is 0 Å². The molecule has 0 radical (unpaired) electrons. The number of rotatable bonds is 5. The summed E-state index contributed by atoms with van der Waals surface area (Å²) in [6.45, 7) is 8.50. The maximum absolute atomic E-state index is 6.20. The van der Waals surface area contributed by atoms with Crippen LogP contribution in [0.5, 0.6) is 0 Å². The fourth-order valence-electron chi connectivity index (χ4n) is 3.31. The first-order valence-corrected chi connectivity index (χ1v) is 8.22. The van der Waals surface area contributed by atoms with Crippen LogP contribution in [0.25, 0.3) is 0 Å². The molecule has 3 heteroatoms. The average molecular weight is 290 g/mol. The number of aromatic nitrogens is 1. The molecule has 2 rings (SSSR count). The van der Waals surface area contributed by atoms with Crippen molar-refractivity contribution in [3.05, 3.63) is 30.1 Å². The summed E-state index contributed by atoms with van der Waals surface area (Å²) in [5.74, 6) is 1.26. The fourth-order valence-corrected chi connectivity index (χ4v) is 3.31. The predicted molar refractivity (Wildman–Crippen MR) is 87.0 cm³/mol. The summed E-state index contributed by atoms with van der Waals surface area (Å²) in [5.41, 5.74) is 7.40. The minimum atomic E-state index is 0.316. The van der Waals surface area contributed by atoms with Crippen molar-refractivity contribution in [1.82, 2.24) is 4.98 Å². The molecular formula is C18H30N2O. The molecule has 118 valence electrons. The molecular weight excluding hydrogens is 260 g/mol. The Balaban J connectivity index is 1.86. The van der Waals surface area contributed by atoms with Crippen LogP contribution in [0, 0.1) is 17.3 Å². The lowest BCUT2D eigenvalue weighted by Gasteiger charge is -2.41. The Hall–Kier alpha value is -0.930. The van der Waals surface area contributed by atoms with E-state index in [9.17, 15) is 0 Å². The highest BCUT2D eigenvalue weighted by Gasteiger charge is 2.35. The Bertz CT molecular complexity index is 413. The Labute approximate surface area is 129 Å². The van der Waals surface area contributed by atoms with E-state index in [-0.39, 0.29) is 0 Å². The third-order valence-electron chi connectivity index (χ3n) is 4.87. The van der Waals surface area contributed by atoms with Gasteiger partial charge in [-0.1, -0.05) is 26.8 Å². The summed E-state index contributed by atoms with van der Waals surface area (Å²) >= 11 is 0. The minimum absolute atomic E-state index is 0.316. The molecule has 1 aliphatic carbocycles. The third-order valence-corrected chi connectivity index (χ3v) is 4.87. The largest absolute Gasteiger partial charge is 0.377 e. The lowest BCUT2D eigenvalue weighted by molar-refractivity contribution is -0.0395. The molecule has 0 saturated heterocycles. The number of pyridine rings is 1. The number of hydrogen-bond donors (Lipinski definition) is 1. The molecule has 21 heavy (non-hydrogen) atoms. The smallest absolute Gasteiger partial charge is 0.0618 e. The van der Waals surface area contributed by atoms with Gasteiger partial charge in [0.25, 0.3) is 0 Å². The van der Waals surface area contributed by atoms with Crippen LogP contribution < -0.4 is 5.73 Å². The molecule has 3 unspecified atom stereocenters. The summed E-state index contributed by atoms with van der Waals surface area (Å²) in [4.78, 5) is 4.35. The highest BCUT2D eigenvalue weighted by Crippen LogP contribution is 2.40. The summed E-state index contributed by atoms with van der Waals surface area (Å²) in [6, 6.07) is 6.04. The molecule has 0 bridgehead atoms. The van der Waals surface area contributed by atoms with Crippen molar-refractivity contribution in [3.8, 4) is 0 Å². The fraction of sp³-hybridized carbons (Fsp3) is 0.722. The van der Waals surface area contributed by atoms with Gasteiger partial charge in [-0.15, -0.1) is 0 Å². The first-order chi connectivity index (χ1) is 10.0. The lowest BCUT2D eigenvalue weighted by Crippen LogP contribution is -2.40. The van der Waals surface area contributed by atoms with Crippen LogP contribution in [0.1, 0.15) is 45.7 Å². The van der Waals surface area contributed by atoms with Crippen molar-refractivity contribution in [2.45, 2.75) is 52.6 Å². The molecule has 3 atom stereocenters. The molecule has 0 aromatic carbocycles. The standard InChI is InChI=1S/C18H30N2O/c1-18(2,3)15-8-7-14(13-19)17(12-15)21-11-9-16-6-4-5-10-20-16/h4-6,10,14-15,17H,7-9,11-13,19H2,1-3H3. The predicted octanol–water partition coefficient (Wildman–Crippen LogP) is 3.43. The molecule has 1 fully saturated rings. The van der Waals surface area contributed by atoms with Crippen LogP contribution in [0.2, 0.25) is 0 Å². The van der Waals surface area contributed by atoms with E-state index in [2.05, 4.69) is 31.8 Å². The van der Waals surface area contributed by atoms with Gasteiger partial charge in [-0.3, -0.25) is 4.98 Å². The molecule has 1 aliphatic rings. The van der Waals surface area contributed by atoms with Crippen molar-refractivity contribution in [3.63, 3.8) is 0 Å². The highest BCUT2D eigenvalue weighted by atomic mass is 16.5. The van der Waals surface area contributed by atoms with Gasteiger partial charge < -0.3 is 10.5 Å². The van der Waals surface area contributed by atoms with E-state index in [0.29, 0.717) is 17.4 Å². The zero-order valence-electron chi connectivity index (χ0n) is 13.7. The van der Waals surface area contributed by atoms with E-state index in [4.69, 9.17) is 10.5 Å². The van der Waals surface area contributed by atoms with Gasteiger partial charge in [-0.05, 0) is 55.2 Å². The van der Waals surface area contributed by atoms with Gasteiger partial charge in [-0.2, -0.15) is 0 Å². The maximum Gasteiger partial charge on any atom is 0.0618 e. The number of ether oxygens (including phenoxy) is 1. The molecule has 0 amide bonds. The monoisotopic (exact) mass is 290 g/mol. The van der Waals surface area contributed by atoms with Crippen LogP contribution in [0.3, 0.4) is 0 Å². The maximum atomic E-state index is 6.20.